The van der Waals surface area contributed by atoms with E-state index in [2.05, 4.69) is 14.8 Å². The van der Waals surface area contributed by atoms with E-state index >= 15 is 0 Å². The molecule has 1 aromatic carbocycles. The Balaban J connectivity index is 2.31. The van der Waals surface area contributed by atoms with E-state index in [1.807, 2.05) is 38.1 Å². The molecule has 0 saturated heterocycles. The summed E-state index contributed by atoms with van der Waals surface area (Å²) >= 11 is 6.35. The molecule has 1 atom stereocenters. The Morgan fingerprint density at radius 3 is 2.40 bits per heavy atom. The Morgan fingerprint density at radius 1 is 1.24 bits per heavy atom. The summed E-state index contributed by atoms with van der Waals surface area (Å²) < 4.78 is 33.1. The number of aromatic nitrogens is 1. The van der Waals surface area contributed by atoms with Crippen molar-refractivity contribution in [2.45, 2.75) is 38.6 Å². The quantitative estimate of drug-likeness (QED) is 0.754. The molecule has 0 aliphatic rings. The number of sulfonamides is 1. The summed E-state index contributed by atoms with van der Waals surface area (Å²) in [7, 11) is -3.72. The molecule has 1 heterocycles. The van der Waals surface area contributed by atoms with Crippen LogP contribution in [-0.4, -0.2) is 38.1 Å². The molecule has 138 valence electrons. The third kappa shape index (κ3) is 4.41. The average Bonchev–Trinajstić information content (AvgIpc) is 2.92. The Kier molecular flexibility index (Phi) is 6.62. The summed E-state index contributed by atoms with van der Waals surface area (Å²) in [6.45, 7) is 9.04. The minimum Gasteiger partial charge on any atom is -0.360 e. The van der Waals surface area contributed by atoms with Gasteiger partial charge >= 0.3 is 0 Å². The molecule has 1 N–H and O–H groups in total. The first-order valence-electron chi connectivity index (χ1n) is 8.22. The van der Waals surface area contributed by atoms with E-state index < -0.39 is 10.0 Å². The van der Waals surface area contributed by atoms with E-state index in [0.717, 1.165) is 18.7 Å². The van der Waals surface area contributed by atoms with Gasteiger partial charge in [-0.2, -0.15) is 0 Å². The van der Waals surface area contributed by atoms with Crippen molar-refractivity contribution in [3.63, 3.8) is 0 Å². The van der Waals surface area contributed by atoms with Crippen LogP contribution in [-0.2, 0) is 10.0 Å². The molecule has 0 radical (unpaired) electrons. The van der Waals surface area contributed by atoms with Gasteiger partial charge in [0.15, 0.2) is 5.76 Å². The number of likely N-dealkylation sites (N-methyl/N-ethyl adjacent to an activating group) is 1. The lowest BCUT2D eigenvalue weighted by Gasteiger charge is -2.30. The minimum absolute atomic E-state index is 0.102. The van der Waals surface area contributed by atoms with Crippen LogP contribution in [0.3, 0.4) is 0 Å². The van der Waals surface area contributed by atoms with Gasteiger partial charge in [0.1, 0.15) is 10.6 Å². The summed E-state index contributed by atoms with van der Waals surface area (Å²) in [5.74, 6) is 0.280. The van der Waals surface area contributed by atoms with Crippen LogP contribution in [0.4, 0.5) is 0 Å². The first-order valence-corrected chi connectivity index (χ1v) is 10.1. The number of nitrogens with zero attached hydrogens (tertiary/aromatic N) is 2. The molecule has 0 bridgehead atoms. The summed E-state index contributed by atoms with van der Waals surface area (Å²) in [6, 6.07) is 7.34. The molecule has 0 saturated carbocycles. The third-order valence-electron chi connectivity index (χ3n) is 4.22. The predicted octanol–water partition coefficient (Wildman–Crippen LogP) is 3.31. The summed E-state index contributed by atoms with van der Waals surface area (Å²) in [6.07, 6.45) is 0. The Hall–Kier alpha value is -1.41. The number of rotatable bonds is 8. The number of nitrogens with one attached hydrogen (secondary N) is 1. The molecule has 2 aromatic rings. The highest BCUT2D eigenvalue weighted by molar-refractivity contribution is 7.89. The lowest BCUT2D eigenvalue weighted by molar-refractivity contribution is 0.220. The van der Waals surface area contributed by atoms with Gasteiger partial charge < -0.3 is 4.52 Å². The van der Waals surface area contributed by atoms with Crippen molar-refractivity contribution < 1.29 is 12.9 Å². The van der Waals surface area contributed by atoms with Gasteiger partial charge in [-0.3, -0.25) is 4.90 Å². The van der Waals surface area contributed by atoms with Crippen LogP contribution in [0.2, 0.25) is 5.02 Å². The maximum atomic E-state index is 12.7. The van der Waals surface area contributed by atoms with Gasteiger partial charge in [0.25, 0.3) is 0 Å². The van der Waals surface area contributed by atoms with Crippen LogP contribution in [0.25, 0.3) is 0 Å². The number of hydrogen-bond donors (Lipinski definition) is 1. The molecule has 25 heavy (non-hydrogen) atoms. The highest BCUT2D eigenvalue weighted by Crippen LogP contribution is 2.28. The largest absolute Gasteiger partial charge is 0.360 e. The highest BCUT2D eigenvalue weighted by atomic mass is 35.5. The summed E-state index contributed by atoms with van der Waals surface area (Å²) in [5.41, 5.74) is 1.25. The normalized spacial score (nSPS) is 13.4. The topological polar surface area (TPSA) is 75.4 Å². The van der Waals surface area contributed by atoms with Gasteiger partial charge in [-0.15, -0.1) is 0 Å². The van der Waals surface area contributed by atoms with Crippen LogP contribution in [0.5, 0.6) is 0 Å². The number of hydrogen-bond acceptors (Lipinski definition) is 5. The molecule has 0 fully saturated rings. The zero-order valence-electron chi connectivity index (χ0n) is 14.9. The Morgan fingerprint density at radius 2 is 1.88 bits per heavy atom. The Bertz CT molecular complexity index is 797. The van der Waals surface area contributed by atoms with Gasteiger partial charge in [-0.25, -0.2) is 13.1 Å². The third-order valence-corrected chi connectivity index (χ3v) is 6.23. The van der Waals surface area contributed by atoms with Crippen LogP contribution in [0.1, 0.15) is 36.9 Å². The highest BCUT2D eigenvalue weighted by Gasteiger charge is 2.27. The maximum absolute atomic E-state index is 12.7. The van der Waals surface area contributed by atoms with Gasteiger partial charge in [0.2, 0.25) is 10.0 Å². The smallest absolute Gasteiger partial charge is 0.246 e. The van der Waals surface area contributed by atoms with Crippen LogP contribution in [0.15, 0.2) is 33.7 Å². The molecular formula is C17H24ClN3O3S. The van der Waals surface area contributed by atoms with Gasteiger partial charge in [0.05, 0.1) is 0 Å². The van der Waals surface area contributed by atoms with Crippen molar-refractivity contribution in [2.24, 2.45) is 0 Å². The van der Waals surface area contributed by atoms with Crippen molar-refractivity contribution in [3.8, 4) is 0 Å². The van der Waals surface area contributed by atoms with Crippen molar-refractivity contribution in [1.29, 1.82) is 0 Å². The van der Waals surface area contributed by atoms with E-state index in [-0.39, 0.29) is 23.2 Å². The van der Waals surface area contributed by atoms with Crippen molar-refractivity contribution >= 4 is 21.6 Å². The number of benzene rings is 1. The van der Waals surface area contributed by atoms with Crippen molar-refractivity contribution in [3.05, 3.63) is 46.3 Å². The number of aryl methyl sites for hydroxylation is 2. The average molecular weight is 386 g/mol. The maximum Gasteiger partial charge on any atom is 0.246 e. The zero-order valence-corrected chi connectivity index (χ0v) is 16.5. The van der Waals surface area contributed by atoms with E-state index in [4.69, 9.17) is 16.1 Å². The van der Waals surface area contributed by atoms with Crippen molar-refractivity contribution in [1.82, 2.24) is 14.8 Å². The zero-order chi connectivity index (χ0) is 18.6. The fourth-order valence-electron chi connectivity index (χ4n) is 2.96. The first kappa shape index (κ1) is 19.9. The second-order valence-corrected chi connectivity index (χ2v) is 7.87. The van der Waals surface area contributed by atoms with E-state index in [1.54, 1.807) is 13.8 Å². The molecule has 0 aliphatic heterocycles. The molecule has 0 spiro atoms. The predicted molar refractivity (Wildman–Crippen MR) is 98.3 cm³/mol. The van der Waals surface area contributed by atoms with Crippen LogP contribution >= 0.6 is 11.6 Å². The lowest BCUT2D eigenvalue weighted by atomic mass is 10.1. The minimum atomic E-state index is -3.72. The number of halogens is 1. The molecule has 6 nitrogen and oxygen atoms in total. The second kappa shape index (κ2) is 8.31. The van der Waals surface area contributed by atoms with E-state index in [1.165, 1.54) is 0 Å². The van der Waals surface area contributed by atoms with Gasteiger partial charge in [-0.05, 0) is 38.6 Å². The fourth-order valence-corrected chi connectivity index (χ4v) is 4.59. The monoisotopic (exact) mass is 385 g/mol. The molecular weight excluding hydrogens is 362 g/mol. The molecule has 1 unspecified atom stereocenters. The van der Waals surface area contributed by atoms with E-state index in [0.29, 0.717) is 10.7 Å². The van der Waals surface area contributed by atoms with Crippen LogP contribution in [0, 0.1) is 13.8 Å². The Labute approximate surface area is 154 Å². The fraction of sp³-hybridized carbons (Fsp3) is 0.471. The molecule has 0 amide bonds. The standard InChI is InChI=1S/C17H24ClN3O3S/c1-5-21(6-2)16(14-9-7-8-10-15(14)18)11-19-25(22,23)17-12(3)20-24-13(17)4/h7-10,16,19H,5-6,11H2,1-4H3. The molecule has 1 aromatic heterocycles. The molecule has 0 aliphatic carbocycles. The SMILES string of the molecule is CCN(CC)C(CNS(=O)(=O)c1c(C)noc1C)c1ccccc1Cl. The van der Waals surface area contributed by atoms with Gasteiger partial charge in [-0.1, -0.05) is 48.8 Å². The van der Waals surface area contributed by atoms with Gasteiger partial charge in [0, 0.05) is 17.6 Å². The first-order chi connectivity index (χ1) is 11.8. The summed E-state index contributed by atoms with van der Waals surface area (Å²) in [5, 5.41) is 4.34. The van der Waals surface area contributed by atoms with Crippen molar-refractivity contribution in [2.75, 3.05) is 19.6 Å². The van der Waals surface area contributed by atoms with E-state index in [9.17, 15) is 8.42 Å². The second-order valence-electron chi connectivity index (χ2n) is 5.76. The molecule has 2 rings (SSSR count). The van der Waals surface area contributed by atoms with Crippen LogP contribution < -0.4 is 4.72 Å². The summed E-state index contributed by atoms with van der Waals surface area (Å²) in [4.78, 5) is 2.27. The molecule has 8 heteroatoms. The lowest BCUT2D eigenvalue weighted by Crippen LogP contribution is -2.38.